The Balaban J connectivity index is 1.49. The van der Waals surface area contributed by atoms with Crippen LogP contribution in [0.4, 0.5) is 5.69 Å². The largest absolute Gasteiger partial charge is 0.393 e. The first kappa shape index (κ1) is 22.1. The molecule has 0 aliphatic rings. The van der Waals surface area contributed by atoms with Crippen LogP contribution in [0.3, 0.4) is 0 Å². The fourth-order valence-electron chi connectivity index (χ4n) is 3.54. The van der Waals surface area contributed by atoms with Crippen LogP contribution < -0.4 is 10.0 Å². The molecule has 0 unspecified atom stereocenters. The van der Waals surface area contributed by atoms with Crippen LogP contribution in [0.15, 0.2) is 76.8 Å². The summed E-state index contributed by atoms with van der Waals surface area (Å²) in [6.45, 7) is 0. The summed E-state index contributed by atoms with van der Waals surface area (Å²) in [5.74, 6) is 0. The van der Waals surface area contributed by atoms with E-state index in [2.05, 4.69) is 39.9 Å². The first-order valence-corrected chi connectivity index (χ1v) is 11.8. The van der Waals surface area contributed by atoms with E-state index in [1.54, 1.807) is 43.8 Å². The summed E-state index contributed by atoms with van der Waals surface area (Å²) in [5, 5.41) is 17.9. The molecule has 5 rings (SSSR count). The van der Waals surface area contributed by atoms with Crippen molar-refractivity contribution >= 4 is 49.6 Å². The third-order valence-corrected chi connectivity index (χ3v) is 6.57. The molecule has 2 aromatic carbocycles. The fourth-order valence-corrected chi connectivity index (χ4v) is 4.72. The SMILES string of the molecule is CN/C=C(\C=N)c1cnc2ccc(-c3cncc(NS(=O)(=O)c4cccc5nonc45)c3)cc2n1. The molecule has 0 fully saturated rings. The number of allylic oxidation sites excluding steroid dienone is 1. The van der Waals surface area contributed by atoms with Gasteiger partial charge in [-0.1, -0.05) is 12.1 Å². The minimum absolute atomic E-state index is 0.0493. The van der Waals surface area contributed by atoms with Gasteiger partial charge in [-0.3, -0.25) is 14.7 Å². The smallest absolute Gasteiger partial charge is 0.264 e. The van der Waals surface area contributed by atoms with Crippen LogP contribution in [0.2, 0.25) is 0 Å². The third-order valence-electron chi connectivity index (χ3n) is 5.16. The summed E-state index contributed by atoms with van der Waals surface area (Å²) in [5.41, 5.74) is 4.66. The van der Waals surface area contributed by atoms with Crippen molar-refractivity contribution in [1.29, 1.82) is 5.41 Å². The third kappa shape index (κ3) is 4.29. The van der Waals surface area contributed by atoms with E-state index in [-0.39, 0.29) is 16.1 Å². The van der Waals surface area contributed by atoms with Gasteiger partial charge in [0.25, 0.3) is 10.0 Å². The Morgan fingerprint density at radius 3 is 2.71 bits per heavy atom. The number of nitrogens with zero attached hydrogens (tertiary/aromatic N) is 5. The van der Waals surface area contributed by atoms with Crippen molar-refractivity contribution in [3.8, 4) is 11.1 Å². The van der Waals surface area contributed by atoms with Crippen molar-refractivity contribution in [2.24, 2.45) is 0 Å². The predicted molar refractivity (Wildman–Crippen MR) is 131 cm³/mol. The van der Waals surface area contributed by atoms with Crippen molar-refractivity contribution in [1.82, 2.24) is 30.6 Å². The summed E-state index contributed by atoms with van der Waals surface area (Å²) < 4.78 is 33.3. The zero-order valence-electron chi connectivity index (χ0n) is 18.3. The number of sulfonamides is 1. The van der Waals surface area contributed by atoms with E-state index in [0.29, 0.717) is 33.4 Å². The normalized spacial score (nSPS) is 12.1. The molecular weight excluding hydrogens is 468 g/mol. The number of hydrogen-bond donors (Lipinski definition) is 3. The van der Waals surface area contributed by atoms with E-state index >= 15 is 0 Å². The summed E-state index contributed by atoms with van der Waals surface area (Å²) in [4.78, 5) is 13.2. The zero-order valence-corrected chi connectivity index (χ0v) is 19.1. The molecule has 0 saturated heterocycles. The van der Waals surface area contributed by atoms with Crippen LogP contribution in [0, 0.1) is 5.41 Å². The minimum Gasteiger partial charge on any atom is -0.393 e. The molecule has 0 aliphatic heterocycles. The van der Waals surface area contributed by atoms with Gasteiger partial charge in [-0.25, -0.2) is 18.0 Å². The topological polar surface area (TPSA) is 160 Å². The van der Waals surface area contributed by atoms with Gasteiger partial charge in [0.2, 0.25) is 0 Å². The summed E-state index contributed by atoms with van der Waals surface area (Å²) in [6.07, 6.45) is 7.52. The van der Waals surface area contributed by atoms with Gasteiger partial charge in [0.05, 0.1) is 34.8 Å². The highest BCUT2D eigenvalue weighted by Gasteiger charge is 2.21. The highest BCUT2D eigenvalue weighted by atomic mass is 32.2. The van der Waals surface area contributed by atoms with E-state index in [9.17, 15) is 8.42 Å². The molecule has 0 amide bonds. The minimum atomic E-state index is -3.98. The first-order chi connectivity index (χ1) is 17.0. The lowest BCUT2D eigenvalue weighted by atomic mass is 10.1. The molecule has 3 N–H and O–H groups in total. The van der Waals surface area contributed by atoms with Crippen molar-refractivity contribution in [2.75, 3.05) is 11.8 Å². The monoisotopic (exact) mass is 486 g/mol. The molecule has 0 spiro atoms. The summed E-state index contributed by atoms with van der Waals surface area (Å²) in [6, 6.07) is 11.8. The average Bonchev–Trinajstić information content (AvgIpc) is 3.35. The maximum Gasteiger partial charge on any atom is 0.264 e. The van der Waals surface area contributed by atoms with Crippen LogP contribution >= 0.6 is 0 Å². The number of nitrogens with one attached hydrogen (secondary N) is 3. The van der Waals surface area contributed by atoms with Gasteiger partial charge in [-0.2, -0.15) is 0 Å². The lowest BCUT2D eigenvalue weighted by Crippen LogP contribution is -2.13. The highest BCUT2D eigenvalue weighted by molar-refractivity contribution is 7.93. The van der Waals surface area contributed by atoms with Gasteiger partial charge in [0.15, 0.2) is 5.52 Å². The van der Waals surface area contributed by atoms with Crippen molar-refractivity contribution < 1.29 is 13.0 Å². The number of pyridine rings is 1. The molecule has 35 heavy (non-hydrogen) atoms. The Bertz CT molecular complexity index is 1710. The molecule has 174 valence electrons. The number of aromatic nitrogens is 5. The maximum absolute atomic E-state index is 13.0. The number of anilines is 1. The quantitative estimate of drug-likeness (QED) is 0.293. The Hall–Kier alpha value is -4.71. The Morgan fingerprint density at radius 1 is 1.00 bits per heavy atom. The zero-order chi connectivity index (χ0) is 24.4. The second-order valence-corrected chi connectivity index (χ2v) is 9.10. The molecule has 12 heteroatoms. The van der Waals surface area contributed by atoms with E-state index in [0.717, 1.165) is 5.56 Å². The molecule has 0 radical (unpaired) electrons. The lowest BCUT2D eigenvalue weighted by molar-refractivity contribution is 0.315. The summed E-state index contributed by atoms with van der Waals surface area (Å²) in [7, 11) is -2.23. The van der Waals surface area contributed by atoms with Crippen LogP contribution in [-0.2, 0) is 10.0 Å². The fraction of sp³-hybridized carbons (Fsp3) is 0.0435. The highest BCUT2D eigenvalue weighted by Crippen LogP contribution is 2.27. The molecule has 0 bridgehead atoms. The van der Waals surface area contributed by atoms with Crippen molar-refractivity contribution in [3.05, 3.63) is 72.9 Å². The van der Waals surface area contributed by atoms with Gasteiger partial charge in [0, 0.05) is 36.8 Å². The predicted octanol–water partition coefficient (Wildman–Crippen LogP) is 3.24. The van der Waals surface area contributed by atoms with Crippen LogP contribution in [-0.4, -0.2) is 46.9 Å². The van der Waals surface area contributed by atoms with Crippen LogP contribution in [0.5, 0.6) is 0 Å². The molecule has 11 nitrogen and oxygen atoms in total. The Morgan fingerprint density at radius 2 is 1.89 bits per heavy atom. The van der Waals surface area contributed by atoms with Gasteiger partial charge >= 0.3 is 0 Å². The van der Waals surface area contributed by atoms with E-state index in [1.807, 2.05) is 18.2 Å². The Kier molecular flexibility index (Phi) is 5.63. The first-order valence-electron chi connectivity index (χ1n) is 10.3. The number of rotatable bonds is 7. The lowest BCUT2D eigenvalue weighted by Gasteiger charge is -2.10. The molecule has 3 aromatic heterocycles. The molecule has 0 atom stereocenters. The molecule has 0 saturated carbocycles. The van der Waals surface area contributed by atoms with Crippen LogP contribution in [0.1, 0.15) is 5.69 Å². The average molecular weight is 487 g/mol. The van der Waals surface area contributed by atoms with E-state index in [4.69, 9.17) is 5.41 Å². The molecule has 3 heterocycles. The maximum atomic E-state index is 13.0. The van der Waals surface area contributed by atoms with Crippen LogP contribution in [0.25, 0.3) is 38.8 Å². The van der Waals surface area contributed by atoms with Gasteiger partial charge < -0.3 is 10.7 Å². The molecular formula is C23H18N8O3S. The van der Waals surface area contributed by atoms with Gasteiger partial charge in [-0.05, 0) is 46.2 Å². The molecule has 0 aliphatic carbocycles. The Labute approximate surface area is 199 Å². The number of fused-ring (bicyclic) bond motifs is 2. The van der Waals surface area contributed by atoms with E-state index in [1.165, 1.54) is 18.5 Å². The second-order valence-electron chi connectivity index (χ2n) is 7.45. The van der Waals surface area contributed by atoms with E-state index < -0.39 is 10.0 Å². The second kappa shape index (κ2) is 8.91. The number of benzene rings is 2. The van der Waals surface area contributed by atoms with Gasteiger partial charge in [-0.15, -0.1) is 0 Å². The standard InChI is InChI=1S/C23H18N8O3S/c1-25-10-16(9-24)21-13-27-18-6-5-14(8-20(18)28-21)15-7-17(12-26-11-15)31-35(32,33)22-4-2-3-19-23(22)30-34-29-19/h2-13,24-25,31H,1H3/b16-10+,24-9?. The number of hydrogen-bond acceptors (Lipinski definition) is 10. The molecule has 5 aromatic rings. The van der Waals surface area contributed by atoms with Crippen molar-refractivity contribution in [2.45, 2.75) is 4.90 Å². The summed E-state index contributed by atoms with van der Waals surface area (Å²) >= 11 is 0. The van der Waals surface area contributed by atoms with Gasteiger partial charge in [0.1, 0.15) is 10.4 Å². The van der Waals surface area contributed by atoms with Crippen molar-refractivity contribution in [3.63, 3.8) is 0 Å².